The van der Waals surface area contributed by atoms with Crippen LogP contribution in [-0.4, -0.2) is 4.98 Å². The van der Waals surface area contributed by atoms with Gasteiger partial charge in [0, 0.05) is 29.1 Å². The molecule has 0 bridgehead atoms. The minimum absolute atomic E-state index is 0.0250. The summed E-state index contributed by atoms with van der Waals surface area (Å²) in [6.45, 7) is 11.7. The van der Waals surface area contributed by atoms with Crippen LogP contribution < -0.4 is 4.57 Å². The lowest BCUT2D eigenvalue weighted by Crippen LogP contribution is -2.36. The second-order valence-electron chi connectivity index (χ2n) is 11.6. The Morgan fingerprint density at radius 3 is 2.33 bits per heavy atom. The van der Waals surface area contributed by atoms with Crippen molar-refractivity contribution in [2.24, 2.45) is 7.05 Å². The summed E-state index contributed by atoms with van der Waals surface area (Å²) in [6.07, 6.45) is 6.14. The van der Waals surface area contributed by atoms with Crippen LogP contribution in [0, 0.1) is 12.7 Å². The highest BCUT2D eigenvalue weighted by Gasteiger charge is 2.42. The predicted octanol–water partition coefficient (Wildman–Crippen LogP) is 7.94. The molecule has 1 aliphatic carbocycles. The van der Waals surface area contributed by atoms with Gasteiger partial charge in [-0.2, -0.15) is 0 Å². The van der Waals surface area contributed by atoms with E-state index in [2.05, 4.69) is 75.6 Å². The van der Waals surface area contributed by atoms with Gasteiger partial charge < -0.3 is 4.42 Å². The highest BCUT2D eigenvalue weighted by atomic mass is 19.1. The lowest BCUT2D eigenvalue weighted by molar-refractivity contribution is -0.660. The first kappa shape index (κ1) is 22.9. The second kappa shape index (κ2) is 7.73. The van der Waals surface area contributed by atoms with Crippen LogP contribution in [0.1, 0.15) is 57.2 Å². The van der Waals surface area contributed by atoms with E-state index >= 15 is 0 Å². The van der Waals surface area contributed by atoms with Gasteiger partial charge in [0.15, 0.2) is 11.8 Å². The number of hydrogen-bond acceptors (Lipinski definition) is 2. The van der Waals surface area contributed by atoms with Gasteiger partial charge in [-0.15, -0.1) is 0 Å². The zero-order valence-electron chi connectivity index (χ0n) is 21.9. The molecular formula is C32H32FN2O+. The number of fused-ring (bicyclic) bond motifs is 5. The Bertz CT molecular complexity index is 1660. The minimum Gasteiger partial charge on any atom is -0.437 e. The maximum absolute atomic E-state index is 13.6. The predicted molar refractivity (Wildman–Crippen MR) is 144 cm³/mol. The third-order valence-corrected chi connectivity index (χ3v) is 8.26. The Balaban J connectivity index is 1.77. The van der Waals surface area contributed by atoms with Crippen LogP contribution in [0.25, 0.3) is 44.5 Å². The van der Waals surface area contributed by atoms with Gasteiger partial charge in [-0.25, -0.2) is 13.9 Å². The molecular weight excluding hydrogens is 447 g/mol. The average molecular weight is 480 g/mol. The van der Waals surface area contributed by atoms with Crippen molar-refractivity contribution in [2.45, 2.75) is 58.3 Å². The fraction of sp³-hybridized carbons (Fsp3) is 0.312. The van der Waals surface area contributed by atoms with Crippen molar-refractivity contribution in [1.82, 2.24) is 4.98 Å². The Kier molecular flexibility index (Phi) is 4.92. The third kappa shape index (κ3) is 3.31. The van der Waals surface area contributed by atoms with Crippen LogP contribution in [0.15, 0.2) is 65.3 Å². The molecule has 0 unspecified atom stereocenters. The Hall–Kier alpha value is -3.53. The van der Waals surface area contributed by atoms with Crippen LogP contribution in [0.5, 0.6) is 0 Å². The molecule has 182 valence electrons. The van der Waals surface area contributed by atoms with Crippen LogP contribution in [0.2, 0.25) is 0 Å². The molecule has 36 heavy (non-hydrogen) atoms. The van der Waals surface area contributed by atoms with Gasteiger partial charge in [0.25, 0.3) is 0 Å². The van der Waals surface area contributed by atoms with Gasteiger partial charge in [-0.1, -0.05) is 39.8 Å². The van der Waals surface area contributed by atoms with Gasteiger partial charge in [-0.3, -0.25) is 0 Å². The topological polar surface area (TPSA) is 29.9 Å². The molecule has 0 N–H and O–H groups in total. The van der Waals surface area contributed by atoms with Crippen molar-refractivity contribution in [2.75, 3.05) is 0 Å². The number of pyridine rings is 2. The van der Waals surface area contributed by atoms with E-state index in [0.717, 1.165) is 46.2 Å². The zero-order valence-corrected chi connectivity index (χ0v) is 21.9. The van der Waals surface area contributed by atoms with Crippen LogP contribution in [-0.2, 0) is 17.9 Å². The van der Waals surface area contributed by atoms with E-state index < -0.39 is 0 Å². The van der Waals surface area contributed by atoms with Gasteiger partial charge in [0.05, 0.1) is 5.56 Å². The lowest BCUT2D eigenvalue weighted by atomic mass is 9.60. The fourth-order valence-electron chi connectivity index (χ4n) is 6.31. The summed E-state index contributed by atoms with van der Waals surface area (Å²) in [5, 5.41) is 2.27. The normalized spacial score (nSPS) is 16.4. The highest BCUT2D eigenvalue weighted by molar-refractivity contribution is 6.12. The number of aryl methyl sites for hydroxylation is 1. The maximum Gasteiger partial charge on any atom is 0.227 e. The number of hydrogen-bond donors (Lipinski definition) is 0. The molecule has 0 saturated heterocycles. The standard InChI is InChI=1S/C32H32FN2O/c1-19-25(24-18-21(13-17-35(24)6)20-9-11-22(33)12-10-20)29-26(23-8-7-16-34-30(23)36-29)28-27(19)31(2,3)14-15-32(28,4)5/h7-13,16-18H,14-15H2,1-6H3/q+1. The smallest absolute Gasteiger partial charge is 0.227 e. The third-order valence-electron chi connectivity index (χ3n) is 8.26. The van der Waals surface area contributed by atoms with Gasteiger partial charge in [0.1, 0.15) is 12.9 Å². The summed E-state index contributed by atoms with van der Waals surface area (Å²) < 4.78 is 22.4. The fourth-order valence-corrected chi connectivity index (χ4v) is 6.31. The van der Waals surface area contributed by atoms with E-state index in [9.17, 15) is 4.39 Å². The van der Waals surface area contributed by atoms with Crippen molar-refractivity contribution in [3.05, 3.63) is 83.4 Å². The zero-order chi connectivity index (χ0) is 25.4. The van der Waals surface area contributed by atoms with Crippen LogP contribution >= 0.6 is 0 Å². The van der Waals surface area contributed by atoms with Crippen LogP contribution in [0.4, 0.5) is 4.39 Å². The van der Waals surface area contributed by atoms with E-state index in [0.29, 0.717) is 5.71 Å². The monoisotopic (exact) mass is 479 g/mol. The first-order chi connectivity index (χ1) is 17.1. The Labute approximate surface area is 211 Å². The number of furan rings is 1. The minimum atomic E-state index is -0.229. The van der Waals surface area contributed by atoms with E-state index in [1.807, 2.05) is 18.2 Å². The molecule has 6 rings (SSSR count). The number of halogens is 1. The largest absolute Gasteiger partial charge is 0.437 e. The molecule has 0 spiro atoms. The van der Waals surface area contributed by atoms with E-state index in [1.165, 1.54) is 34.2 Å². The van der Waals surface area contributed by atoms with Gasteiger partial charge >= 0.3 is 0 Å². The molecule has 4 heteroatoms. The van der Waals surface area contributed by atoms with Crippen molar-refractivity contribution < 1.29 is 13.4 Å². The van der Waals surface area contributed by atoms with Crippen molar-refractivity contribution in [3.8, 4) is 22.4 Å². The molecule has 3 heterocycles. The van der Waals surface area contributed by atoms with E-state index in [-0.39, 0.29) is 16.6 Å². The summed E-state index contributed by atoms with van der Waals surface area (Å²) in [5.74, 6) is -0.229. The molecule has 3 nitrogen and oxygen atoms in total. The summed E-state index contributed by atoms with van der Waals surface area (Å²) in [4.78, 5) is 4.60. The summed E-state index contributed by atoms with van der Waals surface area (Å²) in [6, 6.07) is 15.1. The molecule has 1 aliphatic rings. The van der Waals surface area contributed by atoms with Crippen molar-refractivity contribution >= 4 is 22.1 Å². The lowest BCUT2D eigenvalue weighted by Gasteiger charge is -2.43. The first-order valence-electron chi connectivity index (χ1n) is 12.7. The highest BCUT2D eigenvalue weighted by Crippen LogP contribution is 2.54. The molecule has 0 saturated carbocycles. The molecule has 0 radical (unpaired) electrons. The first-order valence-corrected chi connectivity index (χ1v) is 12.7. The molecule has 3 aromatic heterocycles. The molecule has 0 fully saturated rings. The molecule has 0 amide bonds. The molecule has 0 aliphatic heterocycles. The number of rotatable bonds is 2. The van der Waals surface area contributed by atoms with Crippen molar-refractivity contribution in [1.29, 1.82) is 0 Å². The Morgan fingerprint density at radius 2 is 1.61 bits per heavy atom. The van der Waals surface area contributed by atoms with Gasteiger partial charge in [0.2, 0.25) is 11.4 Å². The number of benzene rings is 2. The van der Waals surface area contributed by atoms with E-state index in [1.54, 1.807) is 6.20 Å². The number of nitrogens with zero attached hydrogens (tertiary/aromatic N) is 2. The van der Waals surface area contributed by atoms with Gasteiger partial charge in [-0.05, 0) is 82.7 Å². The molecule has 2 aromatic carbocycles. The quantitative estimate of drug-likeness (QED) is 0.241. The SMILES string of the molecule is Cc1c2c(c3c(oc4ncccc43)c1-c1cc(-c3ccc(F)cc3)cc[n+]1C)C(C)(C)CCC2(C)C. The van der Waals surface area contributed by atoms with Crippen LogP contribution in [0.3, 0.4) is 0 Å². The molecule has 0 atom stereocenters. The Morgan fingerprint density at radius 1 is 0.917 bits per heavy atom. The van der Waals surface area contributed by atoms with E-state index in [4.69, 9.17) is 4.42 Å². The van der Waals surface area contributed by atoms with Crippen molar-refractivity contribution in [3.63, 3.8) is 0 Å². The summed E-state index contributed by atoms with van der Waals surface area (Å²) in [5.41, 5.74) is 9.95. The number of aromatic nitrogens is 2. The second-order valence-corrected chi connectivity index (χ2v) is 11.6. The summed E-state index contributed by atoms with van der Waals surface area (Å²) in [7, 11) is 2.07. The maximum atomic E-state index is 13.6. The molecule has 5 aromatic rings. The average Bonchev–Trinajstić information content (AvgIpc) is 3.21. The summed E-state index contributed by atoms with van der Waals surface area (Å²) >= 11 is 0.